The Morgan fingerprint density at radius 3 is 2.67 bits per heavy atom. The van der Waals surface area contributed by atoms with Crippen LogP contribution in [0.25, 0.3) is 0 Å². The molecular formula is C12H12F2N2O5. The van der Waals surface area contributed by atoms with Gasteiger partial charge in [-0.15, -0.1) is 8.78 Å². The first-order valence-corrected chi connectivity index (χ1v) is 6.02. The summed E-state index contributed by atoms with van der Waals surface area (Å²) in [5.41, 5.74) is 0.241. The highest BCUT2D eigenvalue weighted by Gasteiger charge is 2.43. The van der Waals surface area contributed by atoms with E-state index in [4.69, 9.17) is 5.11 Å². The Bertz CT molecular complexity index is 565. The fourth-order valence-corrected chi connectivity index (χ4v) is 1.64. The van der Waals surface area contributed by atoms with Crippen LogP contribution in [0.4, 0.5) is 19.3 Å². The molecule has 0 spiro atoms. The molecule has 0 atom stereocenters. The molecule has 21 heavy (non-hydrogen) atoms. The third-order valence-electron chi connectivity index (χ3n) is 2.51. The number of hydrogen-bond acceptors (Lipinski definition) is 4. The monoisotopic (exact) mass is 302 g/mol. The summed E-state index contributed by atoms with van der Waals surface area (Å²) < 4.78 is 34.1. The first-order chi connectivity index (χ1) is 9.85. The third kappa shape index (κ3) is 4.20. The van der Waals surface area contributed by atoms with E-state index in [1.165, 1.54) is 18.2 Å². The SMILES string of the molecule is O=C(O)CCCNC(=O)Nc1ccc2c(c1)OC(F)(F)O2. The lowest BCUT2D eigenvalue weighted by atomic mass is 10.3. The topological polar surface area (TPSA) is 96.9 Å². The number of benzene rings is 1. The maximum absolute atomic E-state index is 12.8. The standard InChI is InChI=1S/C12H12F2N2O5/c13-12(14)20-8-4-3-7(6-9(8)21-12)16-11(19)15-5-1-2-10(17)18/h3-4,6H,1-2,5H2,(H,17,18)(H2,15,16,19). The summed E-state index contributed by atoms with van der Waals surface area (Å²) in [7, 11) is 0. The molecule has 1 aliphatic rings. The average Bonchev–Trinajstić information content (AvgIpc) is 2.67. The number of carboxylic acids is 1. The van der Waals surface area contributed by atoms with Crippen molar-refractivity contribution in [2.75, 3.05) is 11.9 Å². The van der Waals surface area contributed by atoms with Crippen LogP contribution in [0.1, 0.15) is 12.8 Å². The summed E-state index contributed by atoms with van der Waals surface area (Å²) in [6, 6.07) is 3.25. The number of hydrogen-bond donors (Lipinski definition) is 3. The molecule has 9 heteroatoms. The van der Waals surface area contributed by atoms with Crippen molar-refractivity contribution in [3.05, 3.63) is 18.2 Å². The third-order valence-corrected chi connectivity index (χ3v) is 2.51. The summed E-state index contributed by atoms with van der Waals surface area (Å²) in [5.74, 6) is -1.25. The first-order valence-electron chi connectivity index (χ1n) is 6.02. The van der Waals surface area contributed by atoms with Crippen molar-refractivity contribution >= 4 is 17.7 Å². The van der Waals surface area contributed by atoms with E-state index < -0.39 is 18.3 Å². The Hall–Kier alpha value is -2.58. The molecule has 1 aromatic carbocycles. The predicted octanol–water partition coefficient (Wildman–Crippen LogP) is 1.99. The van der Waals surface area contributed by atoms with Crippen LogP contribution in [0.15, 0.2) is 18.2 Å². The lowest BCUT2D eigenvalue weighted by Gasteiger charge is -2.07. The number of halogens is 2. The second-order valence-electron chi connectivity index (χ2n) is 4.21. The summed E-state index contributed by atoms with van der Waals surface area (Å²) >= 11 is 0. The van der Waals surface area contributed by atoms with Crippen molar-refractivity contribution in [1.82, 2.24) is 5.32 Å². The van der Waals surface area contributed by atoms with Gasteiger partial charge in [0, 0.05) is 24.7 Å². The summed E-state index contributed by atoms with van der Waals surface area (Å²) in [4.78, 5) is 21.8. The van der Waals surface area contributed by atoms with Crippen molar-refractivity contribution in [3.63, 3.8) is 0 Å². The van der Waals surface area contributed by atoms with Crippen LogP contribution in [-0.4, -0.2) is 29.9 Å². The zero-order chi connectivity index (χ0) is 15.5. The normalized spacial score (nSPS) is 14.6. The molecule has 0 unspecified atom stereocenters. The van der Waals surface area contributed by atoms with Crippen molar-refractivity contribution in [2.45, 2.75) is 19.1 Å². The van der Waals surface area contributed by atoms with Crippen molar-refractivity contribution < 1.29 is 33.0 Å². The molecule has 0 bridgehead atoms. The number of fused-ring (bicyclic) bond motifs is 1. The van der Waals surface area contributed by atoms with E-state index >= 15 is 0 Å². The predicted molar refractivity (Wildman–Crippen MR) is 66.5 cm³/mol. The minimum absolute atomic E-state index is 0.0562. The quantitative estimate of drug-likeness (QED) is 0.723. The van der Waals surface area contributed by atoms with Crippen molar-refractivity contribution in [3.8, 4) is 11.5 Å². The van der Waals surface area contributed by atoms with Crippen molar-refractivity contribution in [2.24, 2.45) is 0 Å². The highest BCUT2D eigenvalue weighted by atomic mass is 19.3. The fourth-order valence-electron chi connectivity index (χ4n) is 1.64. The lowest BCUT2D eigenvalue weighted by Crippen LogP contribution is -2.29. The fraction of sp³-hybridized carbons (Fsp3) is 0.333. The van der Waals surface area contributed by atoms with Crippen LogP contribution >= 0.6 is 0 Å². The number of alkyl halides is 2. The van der Waals surface area contributed by atoms with Crippen LogP contribution in [0.3, 0.4) is 0 Å². The largest absolute Gasteiger partial charge is 0.586 e. The molecule has 7 nitrogen and oxygen atoms in total. The van der Waals surface area contributed by atoms with Gasteiger partial charge in [0.15, 0.2) is 11.5 Å². The number of ether oxygens (including phenoxy) is 2. The molecule has 3 N–H and O–H groups in total. The van der Waals surface area contributed by atoms with E-state index in [-0.39, 0.29) is 36.6 Å². The molecule has 0 aromatic heterocycles. The van der Waals surface area contributed by atoms with Crippen LogP contribution < -0.4 is 20.1 Å². The number of carboxylic acid groups (broad SMARTS) is 1. The Morgan fingerprint density at radius 2 is 1.95 bits per heavy atom. The van der Waals surface area contributed by atoms with Gasteiger partial charge in [0.1, 0.15) is 0 Å². The Balaban J connectivity index is 1.84. The number of aliphatic carboxylic acids is 1. The molecule has 0 fully saturated rings. The summed E-state index contributed by atoms with van der Waals surface area (Å²) in [5, 5.41) is 13.3. The van der Waals surface area contributed by atoms with E-state index in [9.17, 15) is 18.4 Å². The number of carbonyl (C=O) groups is 2. The number of nitrogens with one attached hydrogen (secondary N) is 2. The van der Waals surface area contributed by atoms with Gasteiger partial charge in [-0.05, 0) is 18.6 Å². The molecule has 0 saturated carbocycles. The summed E-state index contributed by atoms with van der Waals surface area (Å²) in [6.45, 7) is 0.181. The maximum atomic E-state index is 12.8. The van der Waals surface area contributed by atoms with Gasteiger partial charge < -0.3 is 25.2 Å². The zero-order valence-electron chi connectivity index (χ0n) is 10.7. The van der Waals surface area contributed by atoms with Crippen molar-refractivity contribution in [1.29, 1.82) is 0 Å². The van der Waals surface area contributed by atoms with Gasteiger partial charge in [-0.2, -0.15) is 0 Å². The molecule has 0 aliphatic carbocycles. The molecule has 1 aromatic rings. The number of amides is 2. The van der Waals surface area contributed by atoms with Gasteiger partial charge in [-0.1, -0.05) is 0 Å². The van der Waals surface area contributed by atoms with Gasteiger partial charge in [-0.25, -0.2) is 4.79 Å². The first kappa shape index (κ1) is 14.8. The van der Waals surface area contributed by atoms with Gasteiger partial charge in [0.05, 0.1) is 0 Å². The van der Waals surface area contributed by atoms with Crippen LogP contribution in [0.2, 0.25) is 0 Å². The zero-order valence-corrected chi connectivity index (χ0v) is 10.7. The Morgan fingerprint density at radius 1 is 1.24 bits per heavy atom. The van der Waals surface area contributed by atoms with E-state index in [1.54, 1.807) is 0 Å². The molecule has 2 amide bonds. The summed E-state index contributed by atoms with van der Waals surface area (Å²) in [6.07, 6.45) is -3.48. The number of anilines is 1. The lowest BCUT2D eigenvalue weighted by molar-refractivity contribution is -0.286. The Kier molecular flexibility index (Phi) is 4.10. The van der Waals surface area contributed by atoms with Crippen LogP contribution in [0.5, 0.6) is 11.5 Å². The maximum Gasteiger partial charge on any atom is 0.586 e. The molecule has 0 saturated heterocycles. The minimum Gasteiger partial charge on any atom is -0.481 e. The van der Waals surface area contributed by atoms with E-state index in [1.807, 2.05) is 0 Å². The average molecular weight is 302 g/mol. The molecule has 1 aliphatic heterocycles. The highest BCUT2D eigenvalue weighted by molar-refractivity contribution is 5.89. The second kappa shape index (κ2) is 5.81. The molecule has 2 rings (SSSR count). The number of carbonyl (C=O) groups excluding carboxylic acids is 1. The molecule has 0 radical (unpaired) electrons. The van der Waals surface area contributed by atoms with Gasteiger partial charge >= 0.3 is 18.3 Å². The van der Waals surface area contributed by atoms with Gasteiger partial charge in [-0.3, -0.25) is 4.79 Å². The van der Waals surface area contributed by atoms with E-state index in [2.05, 4.69) is 20.1 Å². The van der Waals surface area contributed by atoms with Gasteiger partial charge in [0.25, 0.3) is 0 Å². The van der Waals surface area contributed by atoms with Crippen LogP contribution in [-0.2, 0) is 4.79 Å². The molecule has 1 heterocycles. The van der Waals surface area contributed by atoms with Crippen LogP contribution in [0, 0.1) is 0 Å². The smallest absolute Gasteiger partial charge is 0.481 e. The Labute approximate surface area is 117 Å². The number of rotatable bonds is 5. The highest BCUT2D eigenvalue weighted by Crippen LogP contribution is 2.42. The minimum atomic E-state index is -3.71. The van der Waals surface area contributed by atoms with E-state index in [0.717, 1.165) is 0 Å². The van der Waals surface area contributed by atoms with E-state index in [0.29, 0.717) is 0 Å². The second-order valence-corrected chi connectivity index (χ2v) is 4.21. The van der Waals surface area contributed by atoms with Gasteiger partial charge in [0.2, 0.25) is 0 Å². The molecule has 114 valence electrons. The number of urea groups is 1. The molecular weight excluding hydrogens is 290 g/mol.